The first kappa shape index (κ1) is 46.1. The first-order valence-electron chi connectivity index (χ1n) is 23.4. The van der Waals surface area contributed by atoms with Gasteiger partial charge in [0.2, 0.25) is 0 Å². The van der Waals surface area contributed by atoms with Gasteiger partial charge in [-0.3, -0.25) is 0 Å². The fourth-order valence-electron chi connectivity index (χ4n) is 10.2. The molecular weight excluding hydrogens is 897 g/mol. The smallest absolute Gasteiger partial charge is 0.0917 e. The third-order valence-corrected chi connectivity index (χ3v) is 21.1. The maximum absolute atomic E-state index is 7.37. The van der Waals surface area contributed by atoms with Crippen molar-refractivity contribution in [1.29, 1.82) is 0 Å². The summed E-state index contributed by atoms with van der Waals surface area (Å²) in [6.07, 6.45) is 1.09. The number of benzene rings is 8. The zero-order valence-electron chi connectivity index (χ0n) is 37.5. The minimum absolute atomic E-state index is 0.264. The molecule has 2 aliphatic carbocycles. The molecule has 2 bridgehead atoms. The van der Waals surface area contributed by atoms with Gasteiger partial charge in [-0.05, 0) is 41.9 Å². The van der Waals surface area contributed by atoms with Gasteiger partial charge in [-0.25, -0.2) is 0 Å². The second-order valence-corrected chi connectivity index (χ2v) is 24.8. The molecule has 0 amide bonds. The predicted octanol–water partition coefficient (Wildman–Crippen LogP) is 11.4. The molecular formula is C59H56O4P4. The van der Waals surface area contributed by atoms with E-state index in [1.165, 1.54) is 42.4 Å². The predicted molar refractivity (Wildman–Crippen MR) is 286 cm³/mol. The fourth-order valence-corrected chi connectivity index (χ4v) is 17.5. The summed E-state index contributed by atoms with van der Waals surface area (Å²) in [5, 5.41) is 9.84. The standard InChI is InChI=1S/C59H56O4P4/c1-9-25-46(26-10-1)64(47-27-11-2-12-28-47)60-42-56-54-41-55(57(56)43-61-65(48-29-13-3-14-30-48)49-31-15-4-16-32-49)59(45-63-67(52-37-21-7-22-38-52)53-39-23-8-24-40-53)58(54)44-62-66(50-33-17-5-18-34-50)51-35-19-6-20-36-51/h1-40,54-59H,41-45H2. The minimum Gasteiger partial charge on any atom is -0.349 e. The van der Waals surface area contributed by atoms with E-state index in [0.29, 0.717) is 38.3 Å². The Balaban J connectivity index is 1.01. The fraction of sp³-hybridized carbons (Fsp3) is 0.186. The maximum atomic E-state index is 7.37. The highest BCUT2D eigenvalue weighted by Gasteiger charge is 2.58. The number of hydrogen-bond donors (Lipinski definition) is 0. The Bertz CT molecular complexity index is 2140. The van der Waals surface area contributed by atoms with E-state index in [1.54, 1.807) is 0 Å². The molecule has 0 aromatic heterocycles. The lowest BCUT2D eigenvalue weighted by atomic mass is 9.69. The van der Waals surface area contributed by atoms with Crippen LogP contribution in [0.3, 0.4) is 0 Å². The van der Waals surface area contributed by atoms with E-state index >= 15 is 0 Å². The number of fused-ring (bicyclic) bond motifs is 2. The van der Waals surface area contributed by atoms with Crippen molar-refractivity contribution in [2.75, 3.05) is 26.4 Å². The van der Waals surface area contributed by atoms with Gasteiger partial charge in [0.05, 0.1) is 59.0 Å². The quantitative estimate of drug-likeness (QED) is 0.0714. The molecule has 0 N–H and O–H groups in total. The van der Waals surface area contributed by atoms with Crippen LogP contribution >= 0.6 is 32.6 Å². The molecule has 4 nitrogen and oxygen atoms in total. The molecule has 336 valence electrons. The lowest BCUT2D eigenvalue weighted by Crippen LogP contribution is -2.42. The van der Waals surface area contributed by atoms with Gasteiger partial charge in [0.25, 0.3) is 0 Å². The van der Waals surface area contributed by atoms with Gasteiger partial charge in [0.1, 0.15) is 0 Å². The molecule has 8 heteroatoms. The van der Waals surface area contributed by atoms with Crippen LogP contribution in [0.5, 0.6) is 0 Å². The van der Waals surface area contributed by atoms with Crippen molar-refractivity contribution in [3.63, 3.8) is 0 Å². The van der Waals surface area contributed by atoms with Crippen LogP contribution in [0.4, 0.5) is 0 Å². The van der Waals surface area contributed by atoms with Gasteiger partial charge in [-0.15, -0.1) is 0 Å². The van der Waals surface area contributed by atoms with Gasteiger partial charge in [-0.2, -0.15) is 0 Å². The molecule has 67 heavy (non-hydrogen) atoms. The van der Waals surface area contributed by atoms with Gasteiger partial charge in [0.15, 0.2) is 0 Å². The number of hydrogen-bond acceptors (Lipinski definition) is 4. The maximum Gasteiger partial charge on any atom is 0.0917 e. The van der Waals surface area contributed by atoms with E-state index in [2.05, 4.69) is 243 Å². The molecule has 0 spiro atoms. The summed E-state index contributed by atoms with van der Waals surface area (Å²) in [6.45, 7) is 2.60. The SMILES string of the molecule is c1ccc(P(OCC2C(COP(c3ccccc3)c3ccccc3)C3CC2C(COP(c2ccccc2)c2ccccc2)C3COP(c2ccccc2)c2ccccc2)c2ccccc2)cc1. The van der Waals surface area contributed by atoms with Crippen molar-refractivity contribution in [1.82, 2.24) is 0 Å². The van der Waals surface area contributed by atoms with Crippen molar-refractivity contribution in [3.8, 4) is 0 Å². The van der Waals surface area contributed by atoms with Crippen LogP contribution in [0, 0.1) is 35.5 Å². The Labute approximate surface area is 402 Å². The third kappa shape index (κ3) is 11.1. The average Bonchev–Trinajstić information content (AvgIpc) is 3.94. The van der Waals surface area contributed by atoms with E-state index in [0.717, 1.165) is 6.42 Å². The van der Waals surface area contributed by atoms with Crippen LogP contribution in [0.15, 0.2) is 243 Å². The van der Waals surface area contributed by atoms with E-state index in [9.17, 15) is 0 Å². The average molecular weight is 953 g/mol. The molecule has 4 unspecified atom stereocenters. The molecule has 2 fully saturated rings. The van der Waals surface area contributed by atoms with Crippen LogP contribution in [0.1, 0.15) is 6.42 Å². The topological polar surface area (TPSA) is 36.9 Å². The van der Waals surface area contributed by atoms with Crippen LogP contribution in [-0.2, 0) is 18.1 Å². The Kier molecular flexibility index (Phi) is 15.9. The van der Waals surface area contributed by atoms with Crippen LogP contribution in [0.2, 0.25) is 0 Å². The Morgan fingerprint density at radius 1 is 0.239 bits per heavy atom. The molecule has 0 saturated heterocycles. The summed E-state index contributed by atoms with van der Waals surface area (Å²) >= 11 is 0. The van der Waals surface area contributed by atoms with Gasteiger partial charge in [-0.1, -0.05) is 243 Å². The van der Waals surface area contributed by atoms with E-state index in [1.807, 2.05) is 0 Å². The van der Waals surface area contributed by atoms with Gasteiger partial charge in [0, 0.05) is 42.4 Å². The van der Waals surface area contributed by atoms with Crippen LogP contribution < -0.4 is 42.4 Å². The highest BCUT2D eigenvalue weighted by Crippen LogP contribution is 2.61. The largest absolute Gasteiger partial charge is 0.349 e. The van der Waals surface area contributed by atoms with Crippen LogP contribution in [0.25, 0.3) is 0 Å². The molecule has 4 atom stereocenters. The number of rotatable bonds is 20. The first-order chi connectivity index (χ1) is 33.3. The monoisotopic (exact) mass is 952 g/mol. The summed E-state index contributed by atoms with van der Waals surface area (Å²) < 4.78 is 29.5. The summed E-state index contributed by atoms with van der Waals surface area (Å²) in [6, 6.07) is 86.5. The molecule has 8 aromatic carbocycles. The van der Waals surface area contributed by atoms with Gasteiger partial charge >= 0.3 is 0 Å². The summed E-state index contributed by atoms with van der Waals surface area (Å²) in [7, 11) is -4.19. The van der Waals surface area contributed by atoms with Crippen molar-refractivity contribution in [3.05, 3.63) is 243 Å². The molecule has 0 heterocycles. The second kappa shape index (κ2) is 23.1. The third-order valence-electron chi connectivity index (χ3n) is 13.4. The van der Waals surface area contributed by atoms with E-state index < -0.39 is 32.6 Å². The molecule has 2 saturated carbocycles. The normalized spacial score (nSPS) is 20.0. The summed E-state index contributed by atoms with van der Waals surface area (Å²) in [4.78, 5) is 0. The zero-order chi connectivity index (χ0) is 45.0. The van der Waals surface area contributed by atoms with Crippen molar-refractivity contribution in [2.45, 2.75) is 6.42 Å². The Morgan fingerprint density at radius 2 is 0.388 bits per heavy atom. The second-order valence-electron chi connectivity index (χ2n) is 17.3. The minimum atomic E-state index is -1.05. The van der Waals surface area contributed by atoms with Crippen molar-refractivity contribution < 1.29 is 18.1 Å². The Hall–Kier alpha value is -4.68. The molecule has 8 aromatic rings. The summed E-state index contributed by atoms with van der Waals surface area (Å²) in [5.74, 6) is 1.78. The molecule has 2 aliphatic rings. The Morgan fingerprint density at radius 3 is 0.537 bits per heavy atom. The summed E-state index contributed by atoms with van der Waals surface area (Å²) in [5.41, 5.74) is 0. The van der Waals surface area contributed by atoms with Gasteiger partial charge < -0.3 is 18.1 Å². The van der Waals surface area contributed by atoms with E-state index in [4.69, 9.17) is 18.1 Å². The molecule has 0 radical (unpaired) electrons. The highest BCUT2D eigenvalue weighted by molar-refractivity contribution is 7.69. The first-order valence-corrected chi connectivity index (χ1v) is 28.4. The lowest BCUT2D eigenvalue weighted by molar-refractivity contribution is 0.00784. The van der Waals surface area contributed by atoms with E-state index in [-0.39, 0.29) is 23.7 Å². The van der Waals surface area contributed by atoms with Crippen molar-refractivity contribution >= 4 is 75.0 Å². The van der Waals surface area contributed by atoms with Crippen LogP contribution in [-0.4, -0.2) is 26.4 Å². The highest BCUT2D eigenvalue weighted by atomic mass is 31.1. The molecule has 10 rings (SSSR count). The zero-order valence-corrected chi connectivity index (χ0v) is 41.1. The van der Waals surface area contributed by atoms with Crippen molar-refractivity contribution in [2.24, 2.45) is 35.5 Å². The molecule has 0 aliphatic heterocycles. The lowest BCUT2D eigenvalue weighted by Gasteiger charge is -2.42.